The fourth-order valence-electron chi connectivity index (χ4n) is 2.58. The van der Waals surface area contributed by atoms with E-state index in [4.69, 9.17) is 11.1 Å². The average molecular weight is 319 g/mol. The molecule has 0 bridgehead atoms. The number of rotatable bonds is 4. The molecule has 4 N–H and O–H groups in total. The third kappa shape index (κ3) is 3.62. The number of nitrogen functional groups attached to an aromatic ring is 1. The molecule has 0 radical (unpaired) electrons. The Balaban J connectivity index is 2.18. The van der Waals surface area contributed by atoms with E-state index in [1.54, 1.807) is 13.0 Å². The molecule has 0 aromatic carbocycles. The number of nitrogens with zero attached hydrogens (tertiary/aromatic N) is 1. The van der Waals surface area contributed by atoms with E-state index in [0.717, 1.165) is 4.88 Å². The highest BCUT2D eigenvalue weighted by Crippen LogP contribution is 2.36. The Morgan fingerprint density at radius 2 is 2.14 bits per heavy atom. The lowest BCUT2D eigenvalue weighted by atomic mass is 9.76. The van der Waals surface area contributed by atoms with E-state index in [1.807, 2.05) is 19.9 Å². The number of hydrogen-bond donors (Lipinski definition) is 3. The Bertz CT molecular complexity index is 683. The fourth-order valence-corrected chi connectivity index (χ4v) is 3.38. The van der Waals surface area contributed by atoms with Crippen molar-refractivity contribution < 1.29 is 9.90 Å². The van der Waals surface area contributed by atoms with Crippen molar-refractivity contribution in [1.29, 1.82) is 5.41 Å². The molecule has 0 saturated heterocycles. The molecule has 1 heterocycles. The van der Waals surface area contributed by atoms with E-state index in [0.29, 0.717) is 35.5 Å². The first-order chi connectivity index (χ1) is 10.2. The molecule has 0 unspecified atom stereocenters. The van der Waals surface area contributed by atoms with E-state index >= 15 is 0 Å². The highest BCUT2D eigenvalue weighted by atomic mass is 32.1. The van der Waals surface area contributed by atoms with Gasteiger partial charge in [-0.15, -0.1) is 11.3 Å². The quantitative estimate of drug-likeness (QED) is 0.587. The Hall–Kier alpha value is -1.95. The minimum atomic E-state index is -0.199. The molecule has 0 aliphatic heterocycles. The number of allylic oxidation sites excluding steroid dienone is 2. The van der Waals surface area contributed by atoms with Gasteiger partial charge in [-0.2, -0.15) is 0 Å². The van der Waals surface area contributed by atoms with Gasteiger partial charge < -0.3 is 10.8 Å². The predicted molar refractivity (Wildman–Crippen MR) is 89.8 cm³/mol. The molecular formula is C16H21N3O2S. The number of Topliss-reactive ketones (excluding diaryl/α,β-unsaturated/α-hetero) is 1. The average Bonchev–Trinajstić information content (AvgIpc) is 2.82. The molecule has 1 aromatic heterocycles. The smallest absolute Gasteiger partial charge is 0.168 e. The van der Waals surface area contributed by atoms with Crippen LogP contribution >= 0.6 is 11.3 Å². The van der Waals surface area contributed by atoms with Crippen LogP contribution in [0.1, 0.15) is 43.4 Å². The maximum Gasteiger partial charge on any atom is 0.168 e. The third-order valence-electron chi connectivity index (χ3n) is 3.61. The Labute approximate surface area is 134 Å². The van der Waals surface area contributed by atoms with Gasteiger partial charge in [0.1, 0.15) is 11.6 Å². The zero-order valence-corrected chi connectivity index (χ0v) is 13.9. The van der Waals surface area contributed by atoms with Crippen molar-refractivity contribution in [2.24, 2.45) is 16.1 Å². The van der Waals surface area contributed by atoms with Gasteiger partial charge in [0.05, 0.1) is 17.0 Å². The molecule has 2 rings (SSSR count). The number of aliphatic imine (C=N–C) groups is 1. The van der Waals surface area contributed by atoms with Crippen molar-refractivity contribution >= 4 is 28.7 Å². The van der Waals surface area contributed by atoms with Crippen LogP contribution in [0.2, 0.25) is 0 Å². The van der Waals surface area contributed by atoms with Crippen LogP contribution < -0.4 is 5.73 Å². The van der Waals surface area contributed by atoms with Crippen LogP contribution in [0, 0.1) is 10.8 Å². The number of nitrogens with two attached hydrogens (primary N) is 1. The zero-order valence-electron chi connectivity index (χ0n) is 13.1. The van der Waals surface area contributed by atoms with E-state index < -0.39 is 0 Å². The monoisotopic (exact) mass is 319 g/mol. The fraction of sp³-hybridized carbons (Fsp3) is 0.438. The summed E-state index contributed by atoms with van der Waals surface area (Å²) in [5, 5.41) is 17.5. The highest BCUT2D eigenvalue weighted by molar-refractivity contribution is 7.14. The molecule has 5 nitrogen and oxygen atoms in total. The molecule has 1 aromatic rings. The van der Waals surface area contributed by atoms with Gasteiger partial charge in [-0.1, -0.05) is 13.8 Å². The Kier molecular flexibility index (Phi) is 4.51. The van der Waals surface area contributed by atoms with Gasteiger partial charge in [0.15, 0.2) is 5.78 Å². The Morgan fingerprint density at radius 1 is 1.45 bits per heavy atom. The number of amidine groups is 1. The standard InChI is InChI=1S/C16H21N3O2S/c1-9(14-11(20)6-16(2,3)7-12(14)21)19-8-10-4-5-13(22-10)15(17)18/h4-5,20H,6-8H2,1-3H3,(H3,17,18). The van der Waals surface area contributed by atoms with Crippen LogP contribution in [0.15, 0.2) is 28.5 Å². The van der Waals surface area contributed by atoms with Crippen molar-refractivity contribution in [3.63, 3.8) is 0 Å². The maximum atomic E-state index is 12.2. The molecule has 1 aliphatic carbocycles. The van der Waals surface area contributed by atoms with E-state index in [9.17, 15) is 9.90 Å². The van der Waals surface area contributed by atoms with Gasteiger partial charge in [0, 0.05) is 23.4 Å². The molecule has 0 fully saturated rings. The van der Waals surface area contributed by atoms with Gasteiger partial charge in [0.2, 0.25) is 0 Å². The van der Waals surface area contributed by atoms with Crippen molar-refractivity contribution in [3.8, 4) is 0 Å². The molecule has 6 heteroatoms. The largest absolute Gasteiger partial charge is 0.511 e. The second kappa shape index (κ2) is 6.04. The molecular weight excluding hydrogens is 298 g/mol. The first-order valence-corrected chi connectivity index (χ1v) is 7.91. The van der Waals surface area contributed by atoms with Gasteiger partial charge in [-0.05, 0) is 24.5 Å². The summed E-state index contributed by atoms with van der Waals surface area (Å²) >= 11 is 1.41. The minimum Gasteiger partial charge on any atom is -0.511 e. The van der Waals surface area contributed by atoms with Crippen LogP contribution in [-0.4, -0.2) is 22.4 Å². The second-order valence-corrected chi connectivity index (χ2v) is 7.51. The molecule has 0 saturated carbocycles. The number of carbonyl (C=O) groups is 1. The second-order valence-electron chi connectivity index (χ2n) is 6.34. The first-order valence-electron chi connectivity index (χ1n) is 7.09. The zero-order chi connectivity index (χ0) is 16.5. The molecule has 22 heavy (non-hydrogen) atoms. The first kappa shape index (κ1) is 16.4. The van der Waals surface area contributed by atoms with E-state index in [2.05, 4.69) is 4.99 Å². The lowest BCUT2D eigenvalue weighted by Gasteiger charge is -2.29. The number of aliphatic hydroxyl groups is 1. The number of ketones is 1. The molecule has 0 amide bonds. The van der Waals surface area contributed by atoms with E-state index in [-0.39, 0.29) is 22.8 Å². The summed E-state index contributed by atoms with van der Waals surface area (Å²) in [7, 11) is 0. The van der Waals surface area contributed by atoms with Crippen molar-refractivity contribution in [2.45, 2.75) is 40.2 Å². The van der Waals surface area contributed by atoms with Gasteiger partial charge in [0.25, 0.3) is 0 Å². The summed E-state index contributed by atoms with van der Waals surface area (Å²) in [5.74, 6) is 0.130. The molecule has 0 spiro atoms. The van der Waals surface area contributed by atoms with Crippen LogP contribution in [0.3, 0.4) is 0 Å². The van der Waals surface area contributed by atoms with Crippen LogP contribution in [0.4, 0.5) is 0 Å². The summed E-state index contributed by atoms with van der Waals surface area (Å²) < 4.78 is 0. The summed E-state index contributed by atoms with van der Waals surface area (Å²) in [5.41, 5.74) is 6.16. The summed E-state index contributed by atoms with van der Waals surface area (Å²) in [4.78, 5) is 18.3. The third-order valence-corrected chi connectivity index (χ3v) is 4.72. The van der Waals surface area contributed by atoms with Crippen molar-refractivity contribution in [2.75, 3.05) is 0 Å². The molecule has 0 atom stereocenters. The van der Waals surface area contributed by atoms with Crippen LogP contribution in [-0.2, 0) is 11.3 Å². The van der Waals surface area contributed by atoms with Gasteiger partial charge in [-0.25, -0.2) is 0 Å². The van der Waals surface area contributed by atoms with E-state index in [1.165, 1.54) is 11.3 Å². The minimum absolute atomic E-state index is 0.0435. The lowest BCUT2D eigenvalue weighted by molar-refractivity contribution is -0.117. The van der Waals surface area contributed by atoms with Crippen LogP contribution in [0.25, 0.3) is 0 Å². The number of hydrogen-bond acceptors (Lipinski definition) is 5. The van der Waals surface area contributed by atoms with Crippen LogP contribution in [0.5, 0.6) is 0 Å². The Morgan fingerprint density at radius 3 is 2.68 bits per heavy atom. The molecule has 118 valence electrons. The number of aliphatic hydroxyl groups excluding tert-OH is 1. The summed E-state index contributed by atoms with van der Waals surface area (Å²) in [6, 6.07) is 3.66. The van der Waals surface area contributed by atoms with Gasteiger partial charge in [-0.3, -0.25) is 15.2 Å². The SMILES string of the molecule is CC(=NCc1ccc(C(=N)N)s1)C1=C(O)CC(C)(C)CC1=O. The van der Waals surface area contributed by atoms with Gasteiger partial charge >= 0.3 is 0 Å². The van der Waals surface area contributed by atoms with Crippen molar-refractivity contribution in [1.82, 2.24) is 0 Å². The number of nitrogens with one attached hydrogen (secondary N) is 1. The van der Waals surface area contributed by atoms with Crippen molar-refractivity contribution in [3.05, 3.63) is 33.2 Å². The molecule has 1 aliphatic rings. The number of carbonyl (C=O) groups excluding carboxylic acids is 1. The summed E-state index contributed by atoms with van der Waals surface area (Å²) in [6.07, 6.45) is 0.918. The predicted octanol–water partition coefficient (Wildman–Crippen LogP) is 3.19. The lowest BCUT2D eigenvalue weighted by Crippen LogP contribution is -2.28. The normalized spacial score (nSPS) is 18.7. The topological polar surface area (TPSA) is 99.5 Å². The highest BCUT2D eigenvalue weighted by Gasteiger charge is 2.33. The summed E-state index contributed by atoms with van der Waals surface area (Å²) in [6.45, 7) is 6.11. The number of thiophene rings is 1. The maximum absolute atomic E-state index is 12.2.